The Morgan fingerprint density at radius 1 is 1.22 bits per heavy atom. The van der Waals surface area contributed by atoms with E-state index >= 15 is 0 Å². The summed E-state index contributed by atoms with van der Waals surface area (Å²) < 4.78 is 12.7. The van der Waals surface area contributed by atoms with Crippen molar-refractivity contribution >= 4 is 23.4 Å². The number of amides is 1. The maximum absolute atomic E-state index is 12.6. The molecule has 1 aliphatic rings. The van der Waals surface area contributed by atoms with E-state index in [0.29, 0.717) is 17.2 Å². The van der Waals surface area contributed by atoms with Crippen LogP contribution in [0.15, 0.2) is 66.1 Å². The number of fused-ring (bicyclic) bond motifs is 1. The van der Waals surface area contributed by atoms with Gasteiger partial charge in [-0.25, -0.2) is 4.98 Å². The van der Waals surface area contributed by atoms with E-state index in [-0.39, 0.29) is 18.0 Å². The number of carbonyl (C=O) groups excluding carboxylic acids is 1. The number of benzene rings is 2. The van der Waals surface area contributed by atoms with Crippen LogP contribution in [0.1, 0.15) is 12.5 Å². The van der Waals surface area contributed by atoms with Crippen LogP contribution in [-0.2, 0) is 11.3 Å². The zero-order chi connectivity index (χ0) is 18.6. The predicted octanol–water partition coefficient (Wildman–Crippen LogP) is 3.78. The summed E-state index contributed by atoms with van der Waals surface area (Å²) in [5, 5.41) is 3.43. The largest absolute Gasteiger partial charge is 0.454 e. The van der Waals surface area contributed by atoms with Crippen molar-refractivity contribution in [3.05, 3.63) is 66.5 Å². The molecule has 1 aromatic heterocycles. The number of nitrogens with one attached hydrogen (secondary N) is 1. The summed E-state index contributed by atoms with van der Waals surface area (Å²) >= 11 is 1.43. The van der Waals surface area contributed by atoms with Gasteiger partial charge in [-0.2, -0.15) is 0 Å². The second kappa shape index (κ2) is 7.75. The minimum Gasteiger partial charge on any atom is -0.454 e. The molecule has 0 radical (unpaired) electrons. The molecule has 3 aromatic rings. The molecule has 27 heavy (non-hydrogen) atoms. The number of imidazole rings is 1. The van der Waals surface area contributed by atoms with E-state index in [1.807, 2.05) is 35.9 Å². The molecule has 1 aliphatic heterocycles. The highest BCUT2D eigenvalue weighted by atomic mass is 32.2. The molecule has 0 spiro atoms. The number of nitrogens with zero attached hydrogens (tertiary/aromatic N) is 2. The van der Waals surface area contributed by atoms with Crippen molar-refractivity contribution in [2.75, 3.05) is 12.1 Å². The van der Waals surface area contributed by atoms with Crippen molar-refractivity contribution in [3.8, 4) is 11.5 Å². The topological polar surface area (TPSA) is 65.4 Å². The zero-order valence-electron chi connectivity index (χ0n) is 14.8. The van der Waals surface area contributed by atoms with Gasteiger partial charge in [0.2, 0.25) is 12.7 Å². The molecule has 6 nitrogen and oxygen atoms in total. The normalized spacial score (nSPS) is 13.4. The summed E-state index contributed by atoms with van der Waals surface area (Å²) in [7, 11) is 0. The first-order valence-electron chi connectivity index (χ1n) is 8.61. The second-order valence-corrected chi connectivity index (χ2v) is 7.45. The third-order valence-corrected chi connectivity index (χ3v) is 5.28. The van der Waals surface area contributed by atoms with Gasteiger partial charge in [0.1, 0.15) is 0 Å². The molecule has 0 bridgehead atoms. The lowest BCUT2D eigenvalue weighted by Gasteiger charge is -2.13. The van der Waals surface area contributed by atoms with Gasteiger partial charge >= 0.3 is 0 Å². The smallest absolute Gasteiger partial charge is 0.237 e. The van der Waals surface area contributed by atoms with Crippen LogP contribution in [0, 0.1) is 0 Å². The van der Waals surface area contributed by atoms with Crippen LogP contribution in [0.4, 0.5) is 5.69 Å². The van der Waals surface area contributed by atoms with Crippen molar-refractivity contribution in [3.63, 3.8) is 0 Å². The molecular weight excluding hydrogens is 362 g/mol. The quantitative estimate of drug-likeness (QED) is 0.658. The molecule has 1 amide bonds. The number of rotatable bonds is 6. The Morgan fingerprint density at radius 2 is 2.04 bits per heavy atom. The van der Waals surface area contributed by atoms with E-state index in [2.05, 4.69) is 22.4 Å². The Labute approximate surface area is 161 Å². The van der Waals surface area contributed by atoms with Crippen LogP contribution in [-0.4, -0.2) is 27.5 Å². The lowest BCUT2D eigenvalue weighted by molar-refractivity contribution is -0.115. The Hall–Kier alpha value is -2.93. The van der Waals surface area contributed by atoms with Gasteiger partial charge in [0.05, 0.1) is 5.25 Å². The lowest BCUT2D eigenvalue weighted by atomic mass is 10.2. The number of hydrogen-bond donors (Lipinski definition) is 1. The molecule has 0 aliphatic carbocycles. The van der Waals surface area contributed by atoms with Gasteiger partial charge in [-0.1, -0.05) is 42.1 Å². The number of thioether (sulfide) groups is 1. The molecule has 1 N–H and O–H groups in total. The molecule has 0 saturated heterocycles. The number of hydrogen-bond acceptors (Lipinski definition) is 5. The molecule has 7 heteroatoms. The van der Waals surface area contributed by atoms with Crippen molar-refractivity contribution in [2.45, 2.75) is 23.9 Å². The maximum atomic E-state index is 12.6. The maximum Gasteiger partial charge on any atom is 0.237 e. The van der Waals surface area contributed by atoms with Crippen LogP contribution in [0.2, 0.25) is 0 Å². The van der Waals surface area contributed by atoms with E-state index in [1.54, 1.807) is 24.4 Å². The van der Waals surface area contributed by atoms with Gasteiger partial charge in [-0.05, 0) is 24.6 Å². The fourth-order valence-corrected chi connectivity index (χ4v) is 3.61. The van der Waals surface area contributed by atoms with E-state index in [1.165, 1.54) is 17.3 Å². The zero-order valence-corrected chi connectivity index (χ0v) is 15.6. The Kier molecular flexibility index (Phi) is 5.02. The molecular formula is C20H19N3O3S. The molecule has 138 valence electrons. The predicted molar refractivity (Wildman–Crippen MR) is 104 cm³/mol. The number of anilines is 1. The van der Waals surface area contributed by atoms with Crippen LogP contribution in [0.25, 0.3) is 0 Å². The standard InChI is InChI=1S/C20H19N3O3S/c1-14(19(24)22-16-7-8-17-18(11-16)26-13-25-17)27-20-21-9-10-23(20)12-15-5-3-2-4-6-15/h2-11,14H,12-13H2,1H3,(H,22,24)/t14-/m0/s1. The van der Waals surface area contributed by atoms with Gasteiger partial charge in [0.25, 0.3) is 0 Å². The average Bonchev–Trinajstić information content (AvgIpc) is 3.31. The van der Waals surface area contributed by atoms with Crippen LogP contribution < -0.4 is 14.8 Å². The van der Waals surface area contributed by atoms with Gasteiger partial charge in [0, 0.05) is 30.7 Å². The van der Waals surface area contributed by atoms with Crippen molar-refractivity contribution in [1.82, 2.24) is 9.55 Å². The summed E-state index contributed by atoms with van der Waals surface area (Å²) in [5.41, 5.74) is 1.87. The highest BCUT2D eigenvalue weighted by Crippen LogP contribution is 2.34. The summed E-state index contributed by atoms with van der Waals surface area (Å²) in [5.74, 6) is 1.25. The molecule has 1 atom stereocenters. The monoisotopic (exact) mass is 381 g/mol. The average molecular weight is 381 g/mol. The molecule has 4 rings (SSSR count). The summed E-state index contributed by atoms with van der Waals surface area (Å²) in [6.07, 6.45) is 3.69. The number of carbonyl (C=O) groups is 1. The summed E-state index contributed by atoms with van der Waals surface area (Å²) in [6, 6.07) is 15.5. The third kappa shape index (κ3) is 4.09. The SMILES string of the molecule is C[C@H](Sc1nccn1Cc1ccccc1)C(=O)Nc1ccc2c(c1)OCO2. The van der Waals surface area contributed by atoms with E-state index in [9.17, 15) is 4.79 Å². The highest BCUT2D eigenvalue weighted by molar-refractivity contribution is 8.00. The Bertz CT molecular complexity index is 943. The first-order chi connectivity index (χ1) is 13.2. The molecule has 0 saturated carbocycles. The Morgan fingerprint density at radius 3 is 2.89 bits per heavy atom. The van der Waals surface area contributed by atoms with Crippen molar-refractivity contribution < 1.29 is 14.3 Å². The minimum absolute atomic E-state index is 0.0897. The van der Waals surface area contributed by atoms with Gasteiger partial charge in [0.15, 0.2) is 16.7 Å². The number of aromatic nitrogens is 2. The summed E-state index contributed by atoms with van der Waals surface area (Å²) in [6.45, 7) is 2.80. The first-order valence-corrected chi connectivity index (χ1v) is 9.49. The van der Waals surface area contributed by atoms with Crippen LogP contribution in [0.3, 0.4) is 0 Å². The first kappa shape index (κ1) is 17.5. The lowest BCUT2D eigenvalue weighted by Crippen LogP contribution is -2.23. The summed E-state index contributed by atoms with van der Waals surface area (Å²) in [4.78, 5) is 17.0. The van der Waals surface area contributed by atoms with Crippen LogP contribution >= 0.6 is 11.8 Å². The van der Waals surface area contributed by atoms with Gasteiger partial charge < -0.3 is 19.4 Å². The molecule has 2 heterocycles. The van der Waals surface area contributed by atoms with Crippen LogP contribution in [0.5, 0.6) is 11.5 Å². The molecule has 2 aromatic carbocycles. The fraction of sp³-hybridized carbons (Fsp3) is 0.200. The van der Waals surface area contributed by atoms with E-state index in [0.717, 1.165) is 11.7 Å². The molecule has 0 unspecified atom stereocenters. The van der Waals surface area contributed by atoms with Crippen molar-refractivity contribution in [2.24, 2.45) is 0 Å². The van der Waals surface area contributed by atoms with Gasteiger partial charge in [-0.3, -0.25) is 4.79 Å². The molecule has 0 fully saturated rings. The minimum atomic E-state index is -0.299. The Balaban J connectivity index is 1.40. The van der Waals surface area contributed by atoms with Gasteiger partial charge in [-0.15, -0.1) is 0 Å². The van der Waals surface area contributed by atoms with E-state index < -0.39 is 0 Å². The fourth-order valence-electron chi connectivity index (χ4n) is 2.74. The van der Waals surface area contributed by atoms with Crippen molar-refractivity contribution in [1.29, 1.82) is 0 Å². The van der Waals surface area contributed by atoms with E-state index in [4.69, 9.17) is 9.47 Å². The second-order valence-electron chi connectivity index (χ2n) is 6.14. The third-order valence-electron chi connectivity index (χ3n) is 4.16. The highest BCUT2D eigenvalue weighted by Gasteiger charge is 2.19. The number of ether oxygens (including phenoxy) is 2.